The Labute approximate surface area is 157 Å². The molecule has 1 aromatic rings. The van der Waals surface area contributed by atoms with Gasteiger partial charge in [-0.3, -0.25) is 4.79 Å². The molecule has 0 bridgehead atoms. The monoisotopic (exact) mass is 370 g/mol. The highest BCUT2D eigenvalue weighted by molar-refractivity contribution is 6.06. The number of hydrogen-bond acceptors (Lipinski definition) is 6. The number of hydrogen-bond donors (Lipinski definition) is 1. The molecule has 1 aliphatic heterocycles. The highest BCUT2D eigenvalue weighted by atomic mass is 16.5. The molecule has 1 heterocycles. The van der Waals surface area contributed by atoms with E-state index in [0.29, 0.717) is 17.8 Å². The third-order valence-electron chi connectivity index (χ3n) is 3.96. The number of anilines is 1. The van der Waals surface area contributed by atoms with Crippen LogP contribution in [0.1, 0.15) is 22.8 Å². The summed E-state index contributed by atoms with van der Waals surface area (Å²) in [6.45, 7) is 4.17. The molecule has 0 unspecified atom stereocenters. The van der Waals surface area contributed by atoms with E-state index in [4.69, 9.17) is 9.47 Å². The number of benzene rings is 1. The maximum atomic E-state index is 12.5. The number of methoxy groups -OCH3 is 2. The molecule has 0 atom stereocenters. The molecule has 1 N–H and O–H groups in total. The molecule has 0 saturated carbocycles. The van der Waals surface area contributed by atoms with E-state index in [-0.39, 0.29) is 17.2 Å². The molecule has 1 amide bonds. The first kappa shape index (κ1) is 20.0. The van der Waals surface area contributed by atoms with Crippen LogP contribution < -0.4 is 10.2 Å². The molecule has 0 aliphatic carbocycles. The second-order valence-corrected chi connectivity index (χ2v) is 5.68. The Hall–Kier alpha value is -3.35. The number of nitrogens with one attached hydrogen (secondary N) is 1. The first-order chi connectivity index (χ1) is 12.9. The summed E-state index contributed by atoms with van der Waals surface area (Å²) in [5.41, 5.74) is 1.87. The average Bonchev–Trinajstić information content (AvgIpc) is 2.90. The molecule has 2 rings (SSSR count). The largest absolute Gasteiger partial charge is 0.465 e. The van der Waals surface area contributed by atoms with Crippen molar-refractivity contribution in [2.75, 3.05) is 25.7 Å². The summed E-state index contributed by atoms with van der Waals surface area (Å²) >= 11 is 0. The summed E-state index contributed by atoms with van der Waals surface area (Å²) in [5, 5.41) is 2.74. The first-order valence-electron chi connectivity index (χ1n) is 8.38. The number of nitrogens with zero attached hydrogens (tertiary/aromatic N) is 1. The van der Waals surface area contributed by atoms with Crippen molar-refractivity contribution in [3.8, 4) is 0 Å². The van der Waals surface area contributed by atoms with Crippen molar-refractivity contribution in [1.29, 1.82) is 0 Å². The van der Waals surface area contributed by atoms with E-state index in [1.807, 2.05) is 13.8 Å². The van der Waals surface area contributed by atoms with Crippen LogP contribution in [0.15, 0.2) is 53.9 Å². The number of allylic oxidation sites excluding steroid dienone is 2. The number of carbonyl (C=O) groups excluding carboxylic acids is 3. The topological polar surface area (TPSA) is 84.9 Å². The molecule has 0 aromatic heterocycles. The van der Waals surface area contributed by atoms with E-state index < -0.39 is 11.9 Å². The summed E-state index contributed by atoms with van der Waals surface area (Å²) in [4.78, 5) is 38.4. The Morgan fingerprint density at radius 3 is 2.41 bits per heavy atom. The van der Waals surface area contributed by atoms with Crippen molar-refractivity contribution < 1.29 is 23.9 Å². The van der Waals surface area contributed by atoms with Crippen LogP contribution in [0.2, 0.25) is 0 Å². The fourth-order valence-corrected chi connectivity index (χ4v) is 2.62. The predicted molar refractivity (Wildman–Crippen MR) is 101 cm³/mol. The third-order valence-corrected chi connectivity index (χ3v) is 3.96. The van der Waals surface area contributed by atoms with Crippen molar-refractivity contribution in [3.05, 3.63) is 65.0 Å². The average molecular weight is 370 g/mol. The molecule has 0 fully saturated rings. The number of aryl methyl sites for hydroxylation is 1. The van der Waals surface area contributed by atoms with Gasteiger partial charge in [-0.1, -0.05) is 12.1 Å². The van der Waals surface area contributed by atoms with Crippen molar-refractivity contribution in [2.45, 2.75) is 13.8 Å². The quantitative estimate of drug-likeness (QED) is 0.800. The van der Waals surface area contributed by atoms with Gasteiger partial charge in [0.2, 0.25) is 0 Å². The van der Waals surface area contributed by atoms with Crippen molar-refractivity contribution in [3.63, 3.8) is 0 Å². The van der Waals surface area contributed by atoms with Crippen LogP contribution in [0.25, 0.3) is 0 Å². The van der Waals surface area contributed by atoms with Gasteiger partial charge in [0, 0.05) is 24.0 Å². The summed E-state index contributed by atoms with van der Waals surface area (Å²) in [7, 11) is 2.47. The molecule has 27 heavy (non-hydrogen) atoms. The van der Waals surface area contributed by atoms with Crippen molar-refractivity contribution in [2.24, 2.45) is 0 Å². The maximum absolute atomic E-state index is 12.5. The molecule has 142 valence electrons. The van der Waals surface area contributed by atoms with E-state index in [2.05, 4.69) is 5.32 Å². The number of carbonyl (C=O) groups is 3. The van der Waals surface area contributed by atoms with Crippen LogP contribution in [0.3, 0.4) is 0 Å². The zero-order valence-electron chi connectivity index (χ0n) is 15.7. The van der Waals surface area contributed by atoms with Crippen LogP contribution in [0.4, 0.5) is 5.69 Å². The van der Waals surface area contributed by atoms with Crippen LogP contribution >= 0.6 is 0 Å². The Balaban J connectivity index is 2.67. The lowest BCUT2D eigenvalue weighted by molar-refractivity contribution is -0.139. The van der Waals surface area contributed by atoms with Gasteiger partial charge in [-0.2, -0.15) is 0 Å². The smallest absolute Gasteiger partial charge is 0.355 e. The van der Waals surface area contributed by atoms with E-state index >= 15 is 0 Å². The number of amides is 1. The molecular formula is C20H22N2O5. The second-order valence-electron chi connectivity index (χ2n) is 5.68. The molecule has 0 radical (unpaired) electrons. The Bertz CT molecular complexity index is 852. The van der Waals surface area contributed by atoms with Crippen LogP contribution in [0, 0.1) is 6.92 Å². The van der Waals surface area contributed by atoms with Crippen LogP contribution in [-0.4, -0.2) is 38.6 Å². The fraction of sp³-hybridized carbons (Fsp3) is 0.250. The second kappa shape index (κ2) is 8.84. The van der Waals surface area contributed by atoms with Gasteiger partial charge in [0.15, 0.2) is 0 Å². The maximum Gasteiger partial charge on any atom is 0.355 e. The summed E-state index contributed by atoms with van der Waals surface area (Å²) < 4.78 is 9.69. The summed E-state index contributed by atoms with van der Waals surface area (Å²) in [6, 6.07) is 5.14. The van der Waals surface area contributed by atoms with Gasteiger partial charge < -0.3 is 19.7 Å². The minimum Gasteiger partial charge on any atom is -0.465 e. The minimum atomic E-state index is -0.700. The van der Waals surface area contributed by atoms with Gasteiger partial charge in [0.1, 0.15) is 5.70 Å². The number of ether oxygens (including phenoxy) is 2. The predicted octanol–water partition coefficient (Wildman–Crippen LogP) is 2.23. The van der Waals surface area contributed by atoms with Crippen LogP contribution in [-0.2, 0) is 19.1 Å². The fourth-order valence-electron chi connectivity index (χ4n) is 2.62. The lowest BCUT2D eigenvalue weighted by Crippen LogP contribution is -2.28. The first-order valence-corrected chi connectivity index (χ1v) is 8.38. The van der Waals surface area contributed by atoms with Crippen LogP contribution in [0.5, 0.6) is 0 Å². The molecular weight excluding hydrogens is 348 g/mol. The number of esters is 2. The Morgan fingerprint density at radius 2 is 1.78 bits per heavy atom. The Morgan fingerprint density at radius 1 is 1.07 bits per heavy atom. The lowest BCUT2D eigenvalue weighted by Gasteiger charge is -2.25. The molecule has 7 nitrogen and oxygen atoms in total. The highest BCUT2D eigenvalue weighted by Crippen LogP contribution is 2.30. The summed E-state index contributed by atoms with van der Waals surface area (Å²) in [6.07, 6.45) is 6.41. The third kappa shape index (κ3) is 4.25. The lowest BCUT2D eigenvalue weighted by atomic mass is 10.1. The van der Waals surface area contributed by atoms with E-state index in [0.717, 1.165) is 5.56 Å². The van der Waals surface area contributed by atoms with Crippen molar-refractivity contribution in [1.82, 2.24) is 5.32 Å². The van der Waals surface area contributed by atoms with Crippen molar-refractivity contribution >= 4 is 23.5 Å². The van der Waals surface area contributed by atoms with Gasteiger partial charge in [-0.05, 0) is 43.7 Å². The van der Waals surface area contributed by atoms with Gasteiger partial charge >= 0.3 is 11.9 Å². The molecule has 1 aromatic carbocycles. The van der Waals surface area contributed by atoms with E-state index in [9.17, 15) is 14.4 Å². The standard InChI is InChI=1S/C20H22N2O5/c1-5-21-18(23)14-10-9-13(2)16(12-14)22-11-7-6-8-15(19(24)26-3)17(22)20(25)27-4/h6-12H,5H2,1-4H3,(H,21,23). The number of rotatable bonds is 5. The van der Waals surface area contributed by atoms with Gasteiger partial charge in [-0.15, -0.1) is 0 Å². The molecule has 0 spiro atoms. The van der Waals surface area contributed by atoms with Gasteiger partial charge in [-0.25, -0.2) is 9.59 Å². The van der Waals surface area contributed by atoms with Gasteiger partial charge in [0.05, 0.1) is 19.8 Å². The zero-order chi connectivity index (χ0) is 20.0. The zero-order valence-corrected chi connectivity index (χ0v) is 15.7. The summed E-state index contributed by atoms with van der Waals surface area (Å²) in [5.74, 6) is -1.60. The molecule has 7 heteroatoms. The minimum absolute atomic E-state index is 0.00509. The Kier molecular flexibility index (Phi) is 6.54. The van der Waals surface area contributed by atoms with E-state index in [1.54, 1.807) is 36.6 Å². The normalized spacial score (nSPS) is 13.3. The molecule has 1 aliphatic rings. The molecule has 0 saturated heterocycles. The highest BCUT2D eigenvalue weighted by Gasteiger charge is 2.28. The SMILES string of the molecule is CCNC(=O)c1ccc(C)c(N2C=CC=CC(C(=O)OC)=C2C(=O)OC)c1. The van der Waals surface area contributed by atoms with E-state index in [1.165, 1.54) is 25.2 Å². The van der Waals surface area contributed by atoms with Gasteiger partial charge in [0.25, 0.3) is 5.91 Å².